The van der Waals surface area contributed by atoms with Crippen molar-refractivity contribution in [2.45, 2.75) is 33.9 Å². The summed E-state index contributed by atoms with van der Waals surface area (Å²) in [6, 6.07) is 8.61. The highest BCUT2D eigenvalue weighted by Gasteiger charge is 2.40. The van der Waals surface area contributed by atoms with E-state index in [0.29, 0.717) is 5.56 Å². The third kappa shape index (κ3) is 4.32. The van der Waals surface area contributed by atoms with Gasteiger partial charge in [-0.15, -0.1) is 0 Å². The van der Waals surface area contributed by atoms with Crippen LogP contribution in [0.5, 0.6) is 17.2 Å². The lowest BCUT2D eigenvalue weighted by molar-refractivity contribution is -0.154. The quantitative estimate of drug-likeness (QED) is 0.395. The summed E-state index contributed by atoms with van der Waals surface area (Å²) in [5.74, 6) is -3.42. The summed E-state index contributed by atoms with van der Waals surface area (Å²) < 4.78 is 56.5. The third-order valence-corrected chi connectivity index (χ3v) is 4.33. The highest BCUT2D eigenvalue weighted by atomic mass is 19.4. The van der Waals surface area contributed by atoms with Crippen molar-refractivity contribution in [3.63, 3.8) is 0 Å². The molecular weight excluding hydrogens is 401 g/mol. The number of fused-ring (bicyclic) bond motifs is 1. The third-order valence-electron chi connectivity index (χ3n) is 4.33. The Morgan fingerprint density at radius 2 is 1.77 bits per heavy atom. The second-order valence-corrected chi connectivity index (χ2v) is 7.19. The molecule has 30 heavy (non-hydrogen) atoms. The molecule has 5 nitrogen and oxygen atoms in total. The Bertz CT molecular complexity index is 1180. The maximum Gasteiger partial charge on any atom is 0.453 e. The van der Waals surface area contributed by atoms with Gasteiger partial charge in [-0.3, -0.25) is 9.59 Å². The molecule has 0 bridgehead atoms. The summed E-state index contributed by atoms with van der Waals surface area (Å²) >= 11 is 0. The van der Waals surface area contributed by atoms with Crippen LogP contribution >= 0.6 is 0 Å². The van der Waals surface area contributed by atoms with E-state index in [1.165, 1.54) is 18.2 Å². The molecule has 0 saturated carbocycles. The number of rotatable bonds is 4. The molecule has 0 spiro atoms. The van der Waals surface area contributed by atoms with Crippen LogP contribution < -0.4 is 14.9 Å². The second kappa shape index (κ2) is 7.85. The van der Waals surface area contributed by atoms with Crippen LogP contribution in [0.3, 0.4) is 0 Å². The number of carbonyl (C=O) groups is 1. The Hall–Kier alpha value is -3.29. The van der Waals surface area contributed by atoms with Crippen molar-refractivity contribution < 1.29 is 31.9 Å². The van der Waals surface area contributed by atoms with E-state index in [4.69, 9.17) is 13.9 Å². The Morgan fingerprint density at radius 3 is 2.40 bits per heavy atom. The molecule has 0 aliphatic heterocycles. The first-order chi connectivity index (χ1) is 14.0. The average Bonchev–Trinajstić information content (AvgIpc) is 2.65. The first-order valence-corrected chi connectivity index (χ1v) is 9.12. The first kappa shape index (κ1) is 21.4. The van der Waals surface area contributed by atoms with E-state index < -0.39 is 35.0 Å². The highest BCUT2D eigenvalue weighted by Crippen LogP contribution is 2.39. The summed E-state index contributed by atoms with van der Waals surface area (Å²) in [6.45, 7) is 6.63. The van der Waals surface area contributed by atoms with E-state index in [0.717, 1.165) is 11.6 Å². The molecule has 0 atom stereocenters. The molecule has 1 heterocycles. The molecule has 0 fully saturated rings. The van der Waals surface area contributed by atoms with Gasteiger partial charge in [0.05, 0.1) is 11.3 Å². The number of halogens is 3. The van der Waals surface area contributed by atoms with E-state index in [9.17, 15) is 22.8 Å². The lowest BCUT2D eigenvalue weighted by Gasteiger charge is -2.15. The topological polar surface area (TPSA) is 65.7 Å². The second-order valence-electron chi connectivity index (χ2n) is 7.19. The van der Waals surface area contributed by atoms with Gasteiger partial charge in [-0.25, -0.2) is 0 Å². The minimum atomic E-state index is -4.98. The van der Waals surface area contributed by atoms with Crippen molar-refractivity contribution in [1.82, 2.24) is 0 Å². The summed E-state index contributed by atoms with van der Waals surface area (Å²) in [6.07, 6.45) is -4.98. The number of ether oxygens (including phenoxy) is 2. The largest absolute Gasteiger partial charge is 0.453 e. The van der Waals surface area contributed by atoms with Crippen molar-refractivity contribution in [3.05, 3.63) is 63.5 Å². The molecule has 1 aromatic heterocycles. The molecule has 8 heteroatoms. The Balaban J connectivity index is 2.17. The molecule has 0 aliphatic carbocycles. The molecule has 0 N–H and O–H groups in total. The van der Waals surface area contributed by atoms with Gasteiger partial charge >= 0.3 is 12.1 Å². The van der Waals surface area contributed by atoms with Gasteiger partial charge in [0.2, 0.25) is 11.2 Å². The van der Waals surface area contributed by atoms with Crippen LogP contribution in [0.1, 0.15) is 30.7 Å². The van der Waals surface area contributed by atoms with Crippen molar-refractivity contribution in [3.8, 4) is 17.2 Å². The van der Waals surface area contributed by atoms with Crippen LogP contribution in [0, 0.1) is 19.8 Å². The maximum atomic E-state index is 13.7. The van der Waals surface area contributed by atoms with Gasteiger partial charge in [0.25, 0.3) is 5.76 Å². The fraction of sp³-hybridized carbons (Fsp3) is 0.273. The minimum absolute atomic E-state index is 0.0272. The average molecular weight is 420 g/mol. The molecular formula is C22H19F3O5. The number of benzene rings is 2. The summed E-state index contributed by atoms with van der Waals surface area (Å²) in [4.78, 5) is 24.6. The van der Waals surface area contributed by atoms with Crippen LogP contribution in [0.4, 0.5) is 13.2 Å². The zero-order valence-corrected chi connectivity index (χ0v) is 16.7. The molecule has 0 aliphatic rings. The summed E-state index contributed by atoms with van der Waals surface area (Å²) in [7, 11) is 0. The monoisotopic (exact) mass is 420 g/mol. The molecule has 3 aromatic rings. The predicted octanol–water partition coefficient (Wildman–Crippen LogP) is 5.78. The lowest BCUT2D eigenvalue weighted by Crippen LogP contribution is -2.16. The van der Waals surface area contributed by atoms with Crippen molar-refractivity contribution in [1.29, 1.82) is 0 Å². The zero-order chi connectivity index (χ0) is 22.2. The van der Waals surface area contributed by atoms with E-state index in [-0.39, 0.29) is 22.5 Å². The van der Waals surface area contributed by atoms with Gasteiger partial charge in [-0.05, 0) is 43.2 Å². The molecule has 0 amide bonds. The summed E-state index contributed by atoms with van der Waals surface area (Å²) in [5.41, 5.74) is -0.0315. The first-order valence-electron chi connectivity index (χ1n) is 9.12. The van der Waals surface area contributed by atoms with Gasteiger partial charge in [-0.1, -0.05) is 26.0 Å². The highest BCUT2D eigenvalue weighted by molar-refractivity contribution is 5.81. The SMILES string of the molecule is Cc1ccc(C)c(Oc2c(C(F)(F)F)oc3cc(OC(=O)C(C)C)ccc3c2=O)c1. The Kier molecular flexibility index (Phi) is 5.61. The van der Waals surface area contributed by atoms with Gasteiger partial charge in [0.1, 0.15) is 17.1 Å². The van der Waals surface area contributed by atoms with E-state index in [2.05, 4.69) is 0 Å². The standard InChI is InChI=1S/C22H19F3O5/c1-11(2)21(27)28-14-7-8-15-17(10-14)30-20(22(23,24)25)19(18(15)26)29-16-9-12(3)5-6-13(16)4/h5-11H,1-4H3. The van der Waals surface area contributed by atoms with Crippen molar-refractivity contribution in [2.75, 3.05) is 0 Å². The molecule has 158 valence electrons. The number of hydrogen-bond donors (Lipinski definition) is 0. The van der Waals surface area contributed by atoms with E-state index in [1.54, 1.807) is 39.8 Å². The number of carbonyl (C=O) groups excluding carboxylic acids is 1. The molecule has 3 rings (SSSR count). The van der Waals surface area contributed by atoms with Gasteiger partial charge < -0.3 is 13.9 Å². The van der Waals surface area contributed by atoms with Crippen LogP contribution in [-0.2, 0) is 11.0 Å². The fourth-order valence-electron chi connectivity index (χ4n) is 2.66. The predicted molar refractivity (Wildman–Crippen MR) is 104 cm³/mol. The van der Waals surface area contributed by atoms with E-state index in [1.807, 2.05) is 0 Å². The number of esters is 1. The Morgan fingerprint density at radius 1 is 1.07 bits per heavy atom. The molecule has 2 aromatic carbocycles. The number of hydrogen-bond acceptors (Lipinski definition) is 5. The maximum absolute atomic E-state index is 13.7. The van der Waals surface area contributed by atoms with Crippen molar-refractivity contribution in [2.24, 2.45) is 5.92 Å². The van der Waals surface area contributed by atoms with Crippen LogP contribution in [0.2, 0.25) is 0 Å². The minimum Gasteiger partial charge on any atom is -0.449 e. The van der Waals surface area contributed by atoms with Crippen LogP contribution in [-0.4, -0.2) is 5.97 Å². The van der Waals surface area contributed by atoms with Gasteiger partial charge in [0.15, 0.2) is 0 Å². The van der Waals surface area contributed by atoms with Crippen molar-refractivity contribution >= 4 is 16.9 Å². The molecule has 0 saturated heterocycles. The summed E-state index contributed by atoms with van der Waals surface area (Å²) in [5, 5.41) is -0.132. The number of aryl methyl sites for hydroxylation is 2. The van der Waals surface area contributed by atoms with Gasteiger partial charge in [0, 0.05) is 6.07 Å². The zero-order valence-electron chi connectivity index (χ0n) is 16.7. The normalized spacial score (nSPS) is 11.7. The van der Waals surface area contributed by atoms with Crippen LogP contribution in [0.25, 0.3) is 11.0 Å². The Labute approximate surface area is 170 Å². The van der Waals surface area contributed by atoms with Crippen LogP contribution in [0.15, 0.2) is 45.6 Å². The molecule has 0 unspecified atom stereocenters. The molecule has 0 radical (unpaired) electrons. The van der Waals surface area contributed by atoms with E-state index >= 15 is 0 Å². The number of alkyl halides is 3. The fourth-order valence-corrected chi connectivity index (χ4v) is 2.66. The lowest BCUT2D eigenvalue weighted by atomic mass is 10.1. The smallest absolute Gasteiger partial charge is 0.449 e. The van der Waals surface area contributed by atoms with Gasteiger partial charge in [-0.2, -0.15) is 13.2 Å².